The molecule has 0 radical (unpaired) electrons. The van der Waals surface area contributed by atoms with E-state index >= 15 is 0 Å². The Bertz CT molecular complexity index is 918. The number of benzene rings is 2. The number of thioether (sulfide) groups is 1. The molecule has 2 aromatic carbocycles. The minimum atomic E-state index is -4.52. The molecular weight excluding hydrogens is 411 g/mol. The number of carbonyl (C=O) groups excluding carboxylic acids is 2. The van der Waals surface area contributed by atoms with Gasteiger partial charge in [-0.05, 0) is 36.8 Å². The van der Waals surface area contributed by atoms with Crippen LogP contribution in [0.3, 0.4) is 0 Å². The number of nitrogens with one attached hydrogen (secondary N) is 2. The van der Waals surface area contributed by atoms with E-state index in [-0.39, 0.29) is 17.0 Å². The number of hydrogen-bond donors (Lipinski definition) is 2. The molecule has 2 amide bonds. The number of nitro benzene ring substituents is 1. The van der Waals surface area contributed by atoms with E-state index in [1.807, 2.05) is 0 Å². The molecule has 0 aromatic heterocycles. The molecule has 2 N–H and O–H groups in total. The minimum Gasteiger partial charge on any atom is -0.343 e. The van der Waals surface area contributed by atoms with Crippen LogP contribution in [0.5, 0.6) is 0 Å². The van der Waals surface area contributed by atoms with Crippen LogP contribution in [0.15, 0.2) is 47.4 Å². The van der Waals surface area contributed by atoms with Crippen molar-refractivity contribution in [2.45, 2.75) is 18.0 Å². The van der Waals surface area contributed by atoms with Gasteiger partial charge >= 0.3 is 6.18 Å². The molecule has 11 heteroatoms. The number of aryl methyl sites for hydroxylation is 1. The van der Waals surface area contributed by atoms with Gasteiger partial charge in [0.2, 0.25) is 5.91 Å². The van der Waals surface area contributed by atoms with Gasteiger partial charge in [0.15, 0.2) is 0 Å². The number of halogens is 3. The van der Waals surface area contributed by atoms with Crippen molar-refractivity contribution in [1.82, 2.24) is 5.32 Å². The van der Waals surface area contributed by atoms with Gasteiger partial charge in [-0.1, -0.05) is 6.07 Å². The molecule has 0 unspecified atom stereocenters. The standard InChI is InChI=1S/C18H16F3N3O4S/c1-11-2-3-12(17(26)22-10-18(19,20)21)8-15(11)23-16(25)9-29-14-6-4-13(5-7-14)24(27)28/h2-8H,9-10H2,1H3,(H,22,26)(H,23,25). The van der Waals surface area contributed by atoms with Crippen LogP contribution in [0.1, 0.15) is 15.9 Å². The summed E-state index contributed by atoms with van der Waals surface area (Å²) in [4.78, 5) is 34.8. The molecule has 2 rings (SSSR count). The van der Waals surface area contributed by atoms with E-state index in [4.69, 9.17) is 0 Å². The Hall–Kier alpha value is -3.08. The Balaban J connectivity index is 1.96. The predicted molar refractivity (Wildman–Crippen MR) is 102 cm³/mol. The van der Waals surface area contributed by atoms with Gasteiger partial charge in [0.25, 0.3) is 11.6 Å². The van der Waals surface area contributed by atoms with Crippen molar-refractivity contribution in [3.05, 3.63) is 63.7 Å². The second-order valence-corrected chi connectivity index (χ2v) is 6.96. The Morgan fingerprint density at radius 1 is 1.14 bits per heavy atom. The first-order valence-corrected chi connectivity index (χ1v) is 9.16. The van der Waals surface area contributed by atoms with E-state index < -0.39 is 29.5 Å². The molecule has 0 saturated carbocycles. The molecule has 0 heterocycles. The fraction of sp³-hybridized carbons (Fsp3) is 0.222. The summed E-state index contributed by atoms with van der Waals surface area (Å²) in [5.41, 5.74) is 0.859. The van der Waals surface area contributed by atoms with Crippen LogP contribution < -0.4 is 10.6 Å². The van der Waals surface area contributed by atoms with Crippen molar-refractivity contribution in [2.24, 2.45) is 0 Å². The Kier molecular flexibility index (Phi) is 7.21. The van der Waals surface area contributed by atoms with Crippen LogP contribution in [-0.2, 0) is 4.79 Å². The maximum absolute atomic E-state index is 12.2. The van der Waals surface area contributed by atoms with Gasteiger partial charge in [0.1, 0.15) is 6.54 Å². The highest BCUT2D eigenvalue weighted by Gasteiger charge is 2.28. The summed E-state index contributed by atoms with van der Waals surface area (Å²) in [5.74, 6) is -1.30. The molecule has 0 aliphatic carbocycles. The highest BCUT2D eigenvalue weighted by Crippen LogP contribution is 2.23. The zero-order chi connectivity index (χ0) is 21.6. The molecule has 2 aromatic rings. The molecule has 0 atom stereocenters. The maximum atomic E-state index is 12.2. The van der Waals surface area contributed by atoms with E-state index in [0.29, 0.717) is 16.1 Å². The second-order valence-electron chi connectivity index (χ2n) is 5.92. The molecule has 0 saturated heterocycles. The van der Waals surface area contributed by atoms with Gasteiger partial charge < -0.3 is 10.6 Å². The average molecular weight is 427 g/mol. The van der Waals surface area contributed by atoms with Crippen molar-refractivity contribution >= 4 is 35.0 Å². The fourth-order valence-corrected chi connectivity index (χ4v) is 2.88. The first-order valence-electron chi connectivity index (χ1n) is 8.18. The molecular formula is C18H16F3N3O4S. The average Bonchev–Trinajstić information content (AvgIpc) is 2.66. The van der Waals surface area contributed by atoms with Gasteiger partial charge in [0, 0.05) is 28.3 Å². The molecule has 0 bridgehead atoms. The number of hydrogen-bond acceptors (Lipinski definition) is 5. The highest BCUT2D eigenvalue weighted by molar-refractivity contribution is 8.00. The normalized spacial score (nSPS) is 11.0. The third-order valence-corrected chi connectivity index (χ3v) is 4.65. The van der Waals surface area contributed by atoms with Gasteiger partial charge in [-0.2, -0.15) is 13.2 Å². The number of alkyl halides is 3. The number of anilines is 1. The molecule has 7 nitrogen and oxygen atoms in total. The highest BCUT2D eigenvalue weighted by atomic mass is 32.2. The monoisotopic (exact) mass is 427 g/mol. The molecule has 0 aliphatic heterocycles. The summed E-state index contributed by atoms with van der Waals surface area (Å²) < 4.78 is 36.7. The summed E-state index contributed by atoms with van der Waals surface area (Å²) in [6, 6.07) is 9.88. The van der Waals surface area contributed by atoms with Crippen LogP contribution in [0, 0.1) is 17.0 Å². The van der Waals surface area contributed by atoms with Crippen LogP contribution in [0.2, 0.25) is 0 Å². The topological polar surface area (TPSA) is 101 Å². The van der Waals surface area contributed by atoms with Crippen molar-refractivity contribution in [1.29, 1.82) is 0 Å². The third kappa shape index (κ3) is 7.11. The third-order valence-electron chi connectivity index (χ3n) is 3.64. The zero-order valence-corrected chi connectivity index (χ0v) is 15.9. The summed E-state index contributed by atoms with van der Waals surface area (Å²) in [5, 5.41) is 15.0. The van der Waals surface area contributed by atoms with E-state index in [1.165, 1.54) is 42.5 Å². The summed E-state index contributed by atoms with van der Waals surface area (Å²) >= 11 is 1.16. The SMILES string of the molecule is Cc1ccc(C(=O)NCC(F)(F)F)cc1NC(=O)CSc1ccc([N+](=O)[O-])cc1. The Labute approximate surface area is 167 Å². The summed E-state index contributed by atoms with van der Waals surface area (Å²) in [6.45, 7) is 0.226. The van der Waals surface area contributed by atoms with Gasteiger partial charge in [-0.25, -0.2) is 0 Å². The molecule has 154 valence electrons. The van der Waals surface area contributed by atoms with Crippen molar-refractivity contribution in [2.75, 3.05) is 17.6 Å². The number of nitrogens with zero attached hydrogens (tertiary/aromatic N) is 1. The van der Waals surface area contributed by atoms with Crippen molar-refractivity contribution in [3.8, 4) is 0 Å². The molecule has 0 aliphatic rings. The number of carbonyl (C=O) groups is 2. The lowest BCUT2D eigenvalue weighted by Gasteiger charge is -2.12. The lowest BCUT2D eigenvalue weighted by Crippen LogP contribution is -2.33. The van der Waals surface area contributed by atoms with Crippen LogP contribution >= 0.6 is 11.8 Å². The van der Waals surface area contributed by atoms with E-state index in [9.17, 15) is 32.9 Å². The van der Waals surface area contributed by atoms with Gasteiger partial charge in [-0.15, -0.1) is 11.8 Å². The van der Waals surface area contributed by atoms with Crippen LogP contribution in [0.4, 0.5) is 24.5 Å². The lowest BCUT2D eigenvalue weighted by atomic mass is 10.1. The van der Waals surface area contributed by atoms with Crippen molar-refractivity contribution in [3.63, 3.8) is 0 Å². The first kappa shape index (κ1) is 22.2. The van der Waals surface area contributed by atoms with Gasteiger partial charge in [0.05, 0.1) is 10.7 Å². The molecule has 0 fully saturated rings. The van der Waals surface area contributed by atoms with Crippen LogP contribution in [-0.4, -0.2) is 35.2 Å². The van der Waals surface area contributed by atoms with Crippen molar-refractivity contribution < 1.29 is 27.7 Å². The second kappa shape index (κ2) is 9.41. The largest absolute Gasteiger partial charge is 0.405 e. The smallest absolute Gasteiger partial charge is 0.343 e. The molecule has 0 spiro atoms. The van der Waals surface area contributed by atoms with E-state index in [0.717, 1.165) is 11.8 Å². The number of non-ortho nitro benzene ring substituents is 1. The number of rotatable bonds is 7. The Morgan fingerprint density at radius 3 is 2.38 bits per heavy atom. The van der Waals surface area contributed by atoms with E-state index in [1.54, 1.807) is 12.2 Å². The number of nitro groups is 1. The first-order chi connectivity index (χ1) is 13.5. The number of amides is 2. The Morgan fingerprint density at radius 2 is 1.79 bits per heavy atom. The maximum Gasteiger partial charge on any atom is 0.405 e. The fourth-order valence-electron chi connectivity index (χ4n) is 2.18. The summed E-state index contributed by atoms with van der Waals surface area (Å²) in [7, 11) is 0. The van der Waals surface area contributed by atoms with Gasteiger partial charge in [-0.3, -0.25) is 19.7 Å². The van der Waals surface area contributed by atoms with E-state index in [2.05, 4.69) is 5.32 Å². The molecule has 29 heavy (non-hydrogen) atoms. The lowest BCUT2D eigenvalue weighted by molar-refractivity contribution is -0.384. The quantitative estimate of drug-likeness (QED) is 0.396. The minimum absolute atomic E-state index is 0.00173. The predicted octanol–water partition coefficient (Wildman–Crippen LogP) is 3.93. The summed E-state index contributed by atoms with van der Waals surface area (Å²) in [6.07, 6.45) is -4.52. The zero-order valence-electron chi connectivity index (χ0n) is 15.1. The van der Waals surface area contributed by atoms with Crippen LogP contribution in [0.25, 0.3) is 0 Å².